The average molecular weight is 363 g/mol. The van der Waals surface area contributed by atoms with Gasteiger partial charge in [-0.25, -0.2) is 4.79 Å². The number of halogens is 1. The fraction of sp³-hybridized carbons (Fsp3) is 0.278. The van der Waals surface area contributed by atoms with Crippen molar-refractivity contribution in [3.05, 3.63) is 52.8 Å². The van der Waals surface area contributed by atoms with Crippen molar-refractivity contribution in [3.63, 3.8) is 0 Å². The van der Waals surface area contributed by atoms with E-state index in [0.717, 1.165) is 0 Å². The Hall–Kier alpha value is -2.60. The molecule has 0 bridgehead atoms. The Kier molecular flexibility index (Phi) is 6.36. The van der Waals surface area contributed by atoms with Gasteiger partial charge in [-0.1, -0.05) is 25.4 Å². The minimum Gasteiger partial charge on any atom is -0.453 e. The van der Waals surface area contributed by atoms with Crippen LogP contribution in [0.4, 0.5) is 5.69 Å². The molecule has 1 aromatic carbocycles. The second kappa shape index (κ2) is 8.48. The van der Waals surface area contributed by atoms with Crippen molar-refractivity contribution in [2.75, 3.05) is 11.9 Å². The number of H-pyrrole nitrogens is 1. The van der Waals surface area contributed by atoms with Gasteiger partial charge in [0.25, 0.3) is 0 Å². The van der Waals surface area contributed by atoms with Crippen LogP contribution in [0.5, 0.6) is 0 Å². The number of aromatic amines is 1. The van der Waals surface area contributed by atoms with Gasteiger partial charge < -0.3 is 15.0 Å². The smallest absolute Gasteiger partial charge is 0.355 e. The highest BCUT2D eigenvalue weighted by molar-refractivity contribution is 6.30. The first-order valence-corrected chi connectivity index (χ1v) is 8.17. The third-order valence-electron chi connectivity index (χ3n) is 3.29. The number of carbonyl (C=O) groups excluding carboxylic acids is 3. The lowest BCUT2D eigenvalue weighted by molar-refractivity contribution is -0.116. The second-order valence-corrected chi connectivity index (χ2v) is 6.39. The standard InChI is InChI=1S/C18H19ClN2O4/c1-11(2)7-17(23)21-14-5-3-12(4-6-14)16(22)10-25-18(24)15-8-13(19)9-20-15/h3-6,8-9,11,20H,7,10H2,1-2H3,(H,21,23). The number of hydrogen-bond acceptors (Lipinski definition) is 4. The number of Topliss-reactive ketones (excluding diaryl/α,β-unsaturated/α-hetero) is 1. The number of carbonyl (C=O) groups is 3. The summed E-state index contributed by atoms with van der Waals surface area (Å²) in [6.07, 6.45) is 1.88. The predicted molar refractivity (Wildman–Crippen MR) is 94.9 cm³/mol. The molecule has 0 saturated heterocycles. The first kappa shape index (κ1) is 18.7. The van der Waals surface area contributed by atoms with E-state index >= 15 is 0 Å². The molecule has 2 rings (SSSR count). The first-order valence-electron chi connectivity index (χ1n) is 7.79. The summed E-state index contributed by atoms with van der Waals surface area (Å²) in [5.74, 6) is -0.804. The summed E-state index contributed by atoms with van der Waals surface area (Å²) in [4.78, 5) is 38.2. The Bertz CT molecular complexity index is 766. The first-order chi connectivity index (χ1) is 11.8. The quantitative estimate of drug-likeness (QED) is 0.580. The van der Waals surface area contributed by atoms with E-state index in [4.69, 9.17) is 16.3 Å². The summed E-state index contributed by atoms with van der Waals surface area (Å²) in [6, 6.07) is 7.85. The van der Waals surface area contributed by atoms with Gasteiger partial charge >= 0.3 is 5.97 Å². The Morgan fingerprint density at radius 3 is 2.44 bits per heavy atom. The van der Waals surface area contributed by atoms with Crippen LogP contribution in [0.3, 0.4) is 0 Å². The predicted octanol–water partition coefficient (Wildman–Crippen LogP) is 3.69. The Labute approximate surface area is 150 Å². The number of hydrogen-bond donors (Lipinski definition) is 2. The highest BCUT2D eigenvalue weighted by atomic mass is 35.5. The number of amides is 1. The molecule has 2 aromatic rings. The summed E-state index contributed by atoms with van der Waals surface area (Å²) in [7, 11) is 0. The van der Waals surface area contributed by atoms with Crippen molar-refractivity contribution in [1.29, 1.82) is 0 Å². The van der Waals surface area contributed by atoms with Gasteiger partial charge in [0.05, 0.1) is 5.02 Å². The number of aromatic nitrogens is 1. The van der Waals surface area contributed by atoms with E-state index in [1.165, 1.54) is 12.3 Å². The van der Waals surface area contributed by atoms with Gasteiger partial charge in [-0.15, -0.1) is 0 Å². The molecule has 0 fully saturated rings. The maximum Gasteiger partial charge on any atom is 0.355 e. The van der Waals surface area contributed by atoms with Crippen LogP contribution in [-0.2, 0) is 9.53 Å². The van der Waals surface area contributed by atoms with Crippen molar-refractivity contribution < 1.29 is 19.1 Å². The number of benzene rings is 1. The van der Waals surface area contributed by atoms with Gasteiger partial charge in [0.1, 0.15) is 5.69 Å². The number of ketones is 1. The molecule has 25 heavy (non-hydrogen) atoms. The number of nitrogens with one attached hydrogen (secondary N) is 2. The molecule has 132 valence electrons. The Morgan fingerprint density at radius 2 is 1.88 bits per heavy atom. The van der Waals surface area contributed by atoms with Crippen LogP contribution in [-0.4, -0.2) is 29.3 Å². The third-order valence-corrected chi connectivity index (χ3v) is 3.50. The molecule has 0 aliphatic carbocycles. The van der Waals surface area contributed by atoms with Crippen LogP contribution in [0.25, 0.3) is 0 Å². The zero-order valence-corrected chi connectivity index (χ0v) is 14.7. The largest absolute Gasteiger partial charge is 0.453 e. The number of ether oxygens (including phenoxy) is 1. The molecule has 0 spiro atoms. The molecule has 0 aliphatic heterocycles. The third kappa shape index (κ3) is 5.76. The molecular formula is C18H19ClN2O4. The van der Waals surface area contributed by atoms with Crippen LogP contribution in [0, 0.1) is 5.92 Å². The molecule has 0 saturated carbocycles. The molecule has 2 N–H and O–H groups in total. The van der Waals surface area contributed by atoms with Crippen LogP contribution in [0.1, 0.15) is 41.1 Å². The highest BCUT2D eigenvalue weighted by Crippen LogP contribution is 2.13. The molecule has 1 aromatic heterocycles. The van der Waals surface area contributed by atoms with E-state index in [0.29, 0.717) is 22.7 Å². The zero-order valence-electron chi connectivity index (χ0n) is 14.0. The lowest BCUT2D eigenvalue weighted by Gasteiger charge is -2.08. The van der Waals surface area contributed by atoms with Crippen molar-refractivity contribution in [2.24, 2.45) is 5.92 Å². The Morgan fingerprint density at radius 1 is 1.20 bits per heavy atom. The minimum atomic E-state index is -0.655. The molecule has 6 nitrogen and oxygen atoms in total. The van der Waals surface area contributed by atoms with Crippen molar-refractivity contribution in [3.8, 4) is 0 Å². The number of esters is 1. The molecule has 0 aliphatic rings. The maximum atomic E-state index is 12.1. The van der Waals surface area contributed by atoms with E-state index in [-0.39, 0.29) is 29.9 Å². The zero-order chi connectivity index (χ0) is 18.4. The van der Waals surface area contributed by atoms with Crippen LogP contribution < -0.4 is 5.32 Å². The molecule has 1 heterocycles. The van der Waals surface area contributed by atoms with Crippen LogP contribution in [0.15, 0.2) is 36.5 Å². The molecular weight excluding hydrogens is 344 g/mol. The molecule has 0 radical (unpaired) electrons. The highest BCUT2D eigenvalue weighted by Gasteiger charge is 2.13. The van der Waals surface area contributed by atoms with Gasteiger partial charge in [-0.3, -0.25) is 9.59 Å². The summed E-state index contributed by atoms with van der Waals surface area (Å²) >= 11 is 5.71. The van der Waals surface area contributed by atoms with E-state index in [1.807, 2.05) is 13.8 Å². The number of rotatable bonds is 7. The average Bonchev–Trinajstić information content (AvgIpc) is 2.98. The maximum absolute atomic E-state index is 12.1. The van der Waals surface area contributed by atoms with E-state index in [1.54, 1.807) is 24.3 Å². The normalized spacial score (nSPS) is 10.6. The van der Waals surface area contributed by atoms with Crippen molar-refractivity contribution in [1.82, 2.24) is 4.98 Å². The van der Waals surface area contributed by atoms with Gasteiger partial charge in [0.2, 0.25) is 5.91 Å². The van der Waals surface area contributed by atoms with E-state index < -0.39 is 5.97 Å². The van der Waals surface area contributed by atoms with Gasteiger partial charge in [0.15, 0.2) is 12.4 Å². The van der Waals surface area contributed by atoms with Crippen molar-refractivity contribution >= 4 is 34.9 Å². The lowest BCUT2D eigenvalue weighted by Crippen LogP contribution is -2.15. The minimum absolute atomic E-state index is 0.0763. The van der Waals surface area contributed by atoms with E-state index in [9.17, 15) is 14.4 Å². The molecule has 0 atom stereocenters. The Balaban J connectivity index is 1.87. The monoisotopic (exact) mass is 362 g/mol. The molecule has 7 heteroatoms. The van der Waals surface area contributed by atoms with Gasteiger partial charge in [-0.05, 0) is 36.2 Å². The SMILES string of the molecule is CC(C)CC(=O)Nc1ccc(C(=O)COC(=O)c2cc(Cl)c[nH]2)cc1. The van der Waals surface area contributed by atoms with Crippen LogP contribution >= 0.6 is 11.6 Å². The molecule has 1 amide bonds. The van der Waals surface area contributed by atoms with Gasteiger partial charge in [0, 0.05) is 23.9 Å². The molecule has 0 unspecified atom stereocenters. The lowest BCUT2D eigenvalue weighted by atomic mass is 10.1. The van der Waals surface area contributed by atoms with E-state index in [2.05, 4.69) is 10.3 Å². The van der Waals surface area contributed by atoms with Crippen LogP contribution in [0.2, 0.25) is 5.02 Å². The summed E-state index contributed by atoms with van der Waals surface area (Å²) in [5.41, 5.74) is 1.18. The van der Waals surface area contributed by atoms with Gasteiger partial charge in [-0.2, -0.15) is 0 Å². The summed E-state index contributed by atoms with van der Waals surface area (Å²) in [6.45, 7) is 3.54. The topological polar surface area (TPSA) is 88.3 Å². The number of anilines is 1. The second-order valence-electron chi connectivity index (χ2n) is 5.95. The fourth-order valence-corrected chi connectivity index (χ4v) is 2.26. The van der Waals surface area contributed by atoms with Crippen molar-refractivity contribution in [2.45, 2.75) is 20.3 Å². The summed E-state index contributed by atoms with van der Waals surface area (Å²) in [5, 5.41) is 3.14. The fourth-order valence-electron chi connectivity index (χ4n) is 2.10. The summed E-state index contributed by atoms with van der Waals surface area (Å²) < 4.78 is 4.95.